The van der Waals surface area contributed by atoms with Crippen molar-refractivity contribution in [3.63, 3.8) is 0 Å². The zero-order valence-electron chi connectivity index (χ0n) is 14.1. The number of aryl methyl sites for hydroxylation is 1. The molecular formula is C18H23N3O2S. The van der Waals surface area contributed by atoms with Gasteiger partial charge in [-0.2, -0.15) is 4.31 Å². The Bertz CT molecular complexity index is 797. The van der Waals surface area contributed by atoms with Gasteiger partial charge in [-0.05, 0) is 56.5 Å². The van der Waals surface area contributed by atoms with Crippen LogP contribution in [0.2, 0.25) is 0 Å². The first-order valence-electron chi connectivity index (χ1n) is 8.33. The second kappa shape index (κ2) is 6.91. The lowest BCUT2D eigenvalue weighted by atomic mass is 10.2. The number of aromatic nitrogens is 1. The van der Waals surface area contributed by atoms with Crippen LogP contribution in [-0.2, 0) is 10.0 Å². The maximum Gasteiger partial charge on any atom is 0.244 e. The number of rotatable bonds is 5. The van der Waals surface area contributed by atoms with E-state index in [4.69, 9.17) is 0 Å². The van der Waals surface area contributed by atoms with E-state index in [2.05, 4.69) is 35.9 Å². The van der Waals surface area contributed by atoms with E-state index in [1.807, 2.05) is 12.1 Å². The molecule has 0 amide bonds. The Hall–Kier alpha value is -1.92. The maximum atomic E-state index is 12.6. The molecule has 0 unspecified atom stereocenters. The standard InChI is InChI=1S/C18H23N3O2S/c1-3-21(16-8-6-7-15(2)13-16)18-10-9-17(14-19-18)24(22,23)20-11-4-5-12-20/h6-10,13-14H,3-5,11-12H2,1-2H3. The minimum Gasteiger partial charge on any atom is -0.327 e. The highest BCUT2D eigenvalue weighted by Gasteiger charge is 2.27. The van der Waals surface area contributed by atoms with Gasteiger partial charge in [0, 0.05) is 31.5 Å². The molecule has 0 spiro atoms. The first-order valence-corrected chi connectivity index (χ1v) is 9.77. The van der Waals surface area contributed by atoms with Crippen LogP contribution in [0.4, 0.5) is 11.5 Å². The fourth-order valence-electron chi connectivity index (χ4n) is 3.03. The molecule has 6 heteroatoms. The van der Waals surface area contributed by atoms with Crippen LogP contribution in [0.3, 0.4) is 0 Å². The van der Waals surface area contributed by atoms with E-state index in [9.17, 15) is 8.42 Å². The van der Waals surface area contributed by atoms with Crippen molar-refractivity contribution in [2.75, 3.05) is 24.5 Å². The summed E-state index contributed by atoms with van der Waals surface area (Å²) in [5.41, 5.74) is 2.24. The molecule has 0 N–H and O–H groups in total. The number of hydrogen-bond acceptors (Lipinski definition) is 4. The molecule has 2 aromatic rings. The third kappa shape index (κ3) is 3.30. The van der Waals surface area contributed by atoms with Crippen molar-refractivity contribution in [3.8, 4) is 0 Å². The molecule has 1 aliphatic heterocycles. The zero-order chi connectivity index (χ0) is 17.2. The Morgan fingerprint density at radius 1 is 1.17 bits per heavy atom. The van der Waals surface area contributed by atoms with Gasteiger partial charge >= 0.3 is 0 Å². The Balaban J connectivity index is 1.88. The quantitative estimate of drug-likeness (QED) is 0.834. The fourth-order valence-corrected chi connectivity index (χ4v) is 4.50. The van der Waals surface area contributed by atoms with Crippen LogP contribution in [0.25, 0.3) is 0 Å². The lowest BCUT2D eigenvalue weighted by Gasteiger charge is -2.23. The van der Waals surface area contributed by atoms with E-state index in [1.54, 1.807) is 16.4 Å². The molecule has 0 atom stereocenters. The average molecular weight is 345 g/mol. The van der Waals surface area contributed by atoms with Gasteiger partial charge in [-0.15, -0.1) is 0 Å². The maximum absolute atomic E-state index is 12.6. The lowest BCUT2D eigenvalue weighted by molar-refractivity contribution is 0.477. The van der Waals surface area contributed by atoms with E-state index in [1.165, 1.54) is 11.8 Å². The van der Waals surface area contributed by atoms with Crippen molar-refractivity contribution in [2.45, 2.75) is 31.6 Å². The van der Waals surface area contributed by atoms with Gasteiger partial charge < -0.3 is 4.90 Å². The van der Waals surface area contributed by atoms with Gasteiger partial charge in [-0.3, -0.25) is 0 Å². The minimum absolute atomic E-state index is 0.272. The molecule has 1 aromatic carbocycles. The second-order valence-corrected chi connectivity index (χ2v) is 7.98. The van der Waals surface area contributed by atoms with Gasteiger partial charge in [0.15, 0.2) is 0 Å². The van der Waals surface area contributed by atoms with Crippen molar-refractivity contribution in [1.29, 1.82) is 0 Å². The van der Waals surface area contributed by atoms with Crippen LogP contribution in [0.5, 0.6) is 0 Å². The van der Waals surface area contributed by atoms with Crippen molar-refractivity contribution < 1.29 is 8.42 Å². The summed E-state index contributed by atoms with van der Waals surface area (Å²) in [7, 11) is -3.41. The Labute approximate surface area is 144 Å². The van der Waals surface area contributed by atoms with E-state index in [-0.39, 0.29) is 4.90 Å². The van der Waals surface area contributed by atoms with Gasteiger partial charge in [0.05, 0.1) is 0 Å². The molecule has 2 heterocycles. The number of anilines is 2. The summed E-state index contributed by atoms with van der Waals surface area (Å²) in [5.74, 6) is 0.753. The molecule has 3 rings (SSSR count). The van der Waals surface area contributed by atoms with Crippen molar-refractivity contribution in [2.24, 2.45) is 0 Å². The lowest BCUT2D eigenvalue weighted by Crippen LogP contribution is -2.28. The van der Waals surface area contributed by atoms with Crippen LogP contribution >= 0.6 is 0 Å². The van der Waals surface area contributed by atoms with E-state index in [0.29, 0.717) is 13.1 Å². The molecular weight excluding hydrogens is 322 g/mol. The topological polar surface area (TPSA) is 53.5 Å². The molecule has 0 radical (unpaired) electrons. The minimum atomic E-state index is -3.41. The van der Waals surface area contributed by atoms with Crippen molar-refractivity contribution >= 4 is 21.5 Å². The summed E-state index contributed by atoms with van der Waals surface area (Å²) in [6.45, 7) is 6.08. The largest absolute Gasteiger partial charge is 0.327 e. The average Bonchev–Trinajstić information content (AvgIpc) is 3.11. The summed E-state index contributed by atoms with van der Waals surface area (Å²) >= 11 is 0. The smallest absolute Gasteiger partial charge is 0.244 e. The fraction of sp³-hybridized carbons (Fsp3) is 0.389. The molecule has 0 saturated carbocycles. The summed E-state index contributed by atoms with van der Waals surface area (Å²) in [6, 6.07) is 11.6. The predicted molar refractivity (Wildman–Crippen MR) is 96.1 cm³/mol. The number of pyridine rings is 1. The second-order valence-electron chi connectivity index (χ2n) is 6.05. The van der Waals surface area contributed by atoms with Gasteiger partial charge in [-0.1, -0.05) is 12.1 Å². The Kier molecular flexibility index (Phi) is 4.87. The number of sulfonamides is 1. The molecule has 0 aliphatic carbocycles. The summed E-state index contributed by atoms with van der Waals surface area (Å²) < 4.78 is 26.7. The number of hydrogen-bond donors (Lipinski definition) is 0. The third-order valence-corrected chi connectivity index (χ3v) is 6.21. The molecule has 0 bridgehead atoms. The molecule has 1 aliphatic rings. The normalized spacial score (nSPS) is 15.6. The predicted octanol–water partition coefficient (Wildman–Crippen LogP) is 3.33. The molecule has 1 fully saturated rings. The van der Waals surface area contributed by atoms with Crippen LogP contribution < -0.4 is 4.90 Å². The Morgan fingerprint density at radius 3 is 2.50 bits per heavy atom. The summed E-state index contributed by atoms with van der Waals surface area (Å²) in [6.07, 6.45) is 3.34. The molecule has 128 valence electrons. The third-order valence-electron chi connectivity index (χ3n) is 4.33. The van der Waals surface area contributed by atoms with Crippen LogP contribution in [0, 0.1) is 6.92 Å². The van der Waals surface area contributed by atoms with Crippen LogP contribution in [0.15, 0.2) is 47.5 Å². The number of benzene rings is 1. The first kappa shape index (κ1) is 16.9. The summed E-state index contributed by atoms with van der Waals surface area (Å²) in [4.78, 5) is 6.75. The molecule has 1 saturated heterocycles. The van der Waals surface area contributed by atoms with Gasteiger partial charge in [-0.25, -0.2) is 13.4 Å². The van der Waals surface area contributed by atoms with Crippen molar-refractivity contribution in [3.05, 3.63) is 48.2 Å². The first-order chi connectivity index (χ1) is 11.5. The van der Waals surface area contributed by atoms with Gasteiger partial charge in [0.2, 0.25) is 10.0 Å². The highest BCUT2D eigenvalue weighted by molar-refractivity contribution is 7.89. The SMILES string of the molecule is CCN(c1cccc(C)c1)c1ccc(S(=O)(=O)N2CCCC2)cn1. The van der Waals surface area contributed by atoms with Gasteiger partial charge in [0.1, 0.15) is 10.7 Å². The van der Waals surface area contributed by atoms with Crippen LogP contribution in [0.1, 0.15) is 25.3 Å². The Morgan fingerprint density at radius 2 is 1.92 bits per heavy atom. The van der Waals surface area contributed by atoms with E-state index in [0.717, 1.165) is 30.9 Å². The molecule has 24 heavy (non-hydrogen) atoms. The molecule has 1 aromatic heterocycles. The highest BCUT2D eigenvalue weighted by Crippen LogP contribution is 2.26. The van der Waals surface area contributed by atoms with E-state index >= 15 is 0 Å². The monoisotopic (exact) mass is 345 g/mol. The van der Waals surface area contributed by atoms with Crippen LogP contribution in [-0.4, -0.2) is 37.3 Å². The highest BCUT2D eigenvalue weighted by atomic mass is 32.2. The van der Waals surface area contributed by atoms with E-state index < -0.39 is 10.0 Å². The van der Waals surface area contributed by atoms with Crippen molar-refractivity contribution in [1.82, 2.24) is 9.29 Å². The number of nitrogens with zero attached hydrogens (tertiary/aromatic N) is 3. The zero-order valence-corrected chi connectivity index (χ0v) is 15.0. The van der Waals surface area contributed by atoms with Gasteiger partial charge in [0.25, 0.3) is 0 Å². The summed E-state index contributed by atoms with van der Waals surface area (Å²) in [5, 5.41) is 0. The molecule has 5 nitrogen and oxygen atoms in total.